The fourth-order valence-electron chi connectivity index (χ4n) is 7.79. The lowest BCUT2D eigenvalue weighted by Gasteiger charge is -2.57. The molecule has 0 aromatic rings. The van der Waals surface area contributed by atoms with E-state index in [2.05, 4.69) is 26.8 Å². The molecule has 0 amide bonds. The number of ether oxygens (including phenoxy) is 1. The summed E-state index contributed by atoms with van der Waals surface area (Å²) in [6.07, 6.45) is 12.7. The molecule has 2 nitrogen and oxygen atoms in total. The molecule has 2 heteroatoms. The van der Waals surface area contributed by atoms with Crippen LogP contribution < -0.4 is 0 Å². The number of allylic oxidation sites excluding steroid dienone is 4. The van der Waals surface area contributed by atoms with E-state index in [0.29, 0.717) is 17.3 Å². The number of carbonyl (C=O) groups excluding carboxylic acids is 1. The second-order valence-corrected chi connectivity index (χ2v) is 9.93. The Labute approximate surface area is 152 Å². The number of fused-ring (bicyclic) bond motifs is 7. The zero-order valence-corrected chi connectivity index (χ0v) is 16.0. The summed E-state index contributed by atoms with van der Waals surface area (Å²) in [5.41, 5.74) is 3.22. The summed E-state index contributed by atoms with van der Waals surface area (Å²) < 4.78 is 5.96. The molecule has 5 rings (SSSR count). The summed E-state index contributed by atoms with van der Waals surface area (Å²) in [6.45, 7) is 7.85. The first-order chi connectivity index (χ1) is 12.0. The Morgan fingerprint density at radius 1 is 1.20 bits per heavy atom. The molecule has 0 spiro atoms. The first-order valence-electron chi connectivity index (χ1n) is 10.6. The lowest BCUT2D eigenvalue weighted by Crippen LogP contribution is -2.50. The van der Waals surface area contributed by atoms with Crippen molar-refractivity contribution in [3.63, 3.8) is 0 Å². The SMILES string of the molecule is CCOC1=CC2=C(C=O)C[C@H]3[C@@H]4CCC[C@@]4(C)CC[C@@H]3[C@@]2(C)[C@H]2CC12. The number of hydrogen-bond donors (Lipinski definition) is 0. The highest BCUT2D eigenvalue weighted by molar-refractivity contribution is 5.77. The first kappa shape index (κ1) is 16.1. The second-order valence-electron chi connectivity index (χ2n) is 9.93. The van der Waals surface area contributed by atoms with Gasteiger partial charge in [0.05, 0.1) is 12.4 Å². The average Bonchev–Trinajstić information content (AvgIpc) is 3.31. The van der Waals surface area contributed by atoms with Crippen LogP contribution in [-0.4, -0.2) is 12.9 Å². The molecule has 0 saturated heterocycles. The highest BCUT2D eigenvalue weighted by Crippen LogP contribution is 2.72. The molecule has 1 unspecified atom stereocenters. The molecular weight excluding hydrogens is 308 g/mol. The lowest BCUT2D eigenvalue weighted by molar-refractivity contribution is -0.106. The van der Waals surface area contributed by atoms with Crippen LogP contribution in [0.1, 0.15) is 65.7 Å². The zero-order valence-electron chi connectivity index (χ0n) is 16.0. The standard InChI is InChI=1S/C23H32O2/c1-4-25-21-12-19-14(13-24)10-15-17-6-5-8-22(17,2)9-7-18(15)23(19,3)20-11-16(20)21/h12-13,15-18,20H,4-11H2,1-3H3/t15-,16?,17-,18-,20-,22-,23+/m0/s1. The van der Waals surface area contributed by atoms with Crippen molar-refractivity contribution in [1.82, 2.24) is 0 Å². The van der Waals surface area contributed by atoms with E-state index in [0.717, 1.165) is 36.4 Å². The summed E-state index contributed by atoms with van der Waals surface area (Å²) in [5, 5.41) is 0. The third-order valence-electron chi connectivity index (χ3n) is 9.04. The van der Waals surface area contributed by atoms with Gasteiger partial charge in [-0.2, -0.15) is 0 Å². The molecule has 0 aromatic carbocycles. The van der Waals surface area contributed by atoms with Crippen molar-refractivity contribution >= 4 is 6.29 Å². The molecule has 5 aliphatic carbocycles. The number of aldehydes is 1. The van der Waals surface area contributed by atoms with Gasteiger partial charge in [0.25, 0.3) is 0 Å². The molecule has 3 saturated carbocycles. The Kier molecular flexibility index (Phi) is 3.38. The van der Waals surface area contributed by atoms with Gasteiger partial charge in [-0.3, -0.25) is 4.79 Å². The molecule has 25 heavy (non-hydrogen) atoms. The van der Waals surface area contributed by atoms with Gasteiger partial charge >= 0.3 is 0 Å². The third kappa shape index (κ3) is 2.00. The van der Waals surface area contributed by atoms with E-state index in [1.165, 1.54) is 56.1 Å². The molecule has 0 aliphatic heterocycles. The van der Waals surface area contributed by atoms with Gasteiger partial charge in [0.1, 0.15) is 6.29 Å². The maximum absolute atomic E-state index is 12.1. The van der Waals surface area contributed by atoms with Crippen molar-refractivity contribution in [2.45, 2.75) is 65.7 Å². The quantitative estimate of drug-likeness (QED) is 0.652. The molecule has 7 atom stereocenters. The predicted octanol–water partition coefficient (Wildman–Crippen LogP) is 5.29. The molecule has 3 fully saturated rings. The molecule has 0 heterocycles. The largest absolute Gasteiger partial charge is 0.498 e. The van der Waals surface area contributed by atoms with E-state index < -0.39 is 0 Å². The van der Waals surface area contributed by atoms with Crippen molar-refractivity contribution in [2.24, 2.45) is 40.4 Å². The third-order valence-corrected chi connectivity index (χ3v) is 9.04. The van der Waals surface area contributed by atoms with Crippen molar-refractivity contribution < 1.29 is 9.53 Å². The molecule has 0 N–H and O–H groups in total. The lowest BCUT2D eigenvalue weighted by atomic mass is 9.47. The van der Waals surface area contributed by atoms with Crippen LogP contribution in [-0.2, 0) is 9.53 Å². The summed E-state index contributed by atoms with van der Waals surface area (Å²) in [6, 6.07) is 0. The Hall–Kier alpha value is -1.05. The molecule has 136 valence electrons. The molecular formula is C23H32O2. The number of rotatable bonds is 3. The normalized spacial score (nSPS) is 50.2. The van der Waals surface area contributed by atoms with Crippen LogP contribution in [0.15, 0.2) is 23.0 Å². The van der Waals surface area contributed by atoms with Gasteiger partial charge in [-0.1, -0.05) is 20.3 Å². The minimum atomic E-state index is 0.217. The number of carbonyl (C=O) groups is 1. The maximum atomic E-state index is 12.1. The molecule has 0 bridgehead atoms. The second kappa shape index (κ2) is 5.24. The summed E-state index contributed by atoms with van der Waals surface area (Å²) in [7, 11) is 0. The minimum Gasteiger partial charge on any atom is -0.498 e. The highest BCUT2D eigenvalue weighted by atomic mass is 16.5. The van der Waals surface area contributed by atoms with Gasteiger partial charge in [-0.25, -0.2) is 0 Å². The highest BCUT2D eigenvalue weighted by Gasteiger charge is 2.65. The van der Waals surface area contributed by atoms with E-state index >= 15 is 0 Å². The summed E-state index contributed by atoms with van der Waals surface area (Å²) in [4.78, 5) is 12.1. The van der Waals surface area contributed by atoms with E-state index in [4.69, 9.17) is 4.74 Å². The average molecular weight is 341 g/mol. The Balaban J connectivity index is 1.61. The van der Waals surface area contributed by atoms with Gasteiger partial charge in [0, 0.05) is 5.92 Å². The van der Waals surface area contributed by atoms with Gasteiger partial charge in [-0.15, -0.1) is 0 Å². The molecule has 5 aliphatic rings. The molecule has 0 radical (unpaired) electrons. The van der Waals surface area contributed by atoms with Gasteiger partial charge in [0.15, 0.2) is 0 Å². The van der Waals surface area contributed by atoms with Crippen LogP contribution in [0.3, 0.4) is 0 Å². The Bertz CT molecular complexity index is 674. The minimum absolute atomic E-state index is 0.217. The van der Waals surface area contributed by atoms with Crippen molar-refractivity contribution in [3.05, 3.63) is 23.0 Å². The van der Waals surface area contributed by atoms with Crippen LogP contribution in [0.2, 0.25) is 0 Å². The van der Waals surface area contributed by atoms with Crippen LogP contribution in [0, 0.1) is 40.4 Å². The van der Waals surface area contributed by atoms with E-state index in [1.54, 1.807) is 0 Å². The van der Waals surface area contributed by atoms with Gasteiger partial charge in [-0.05, 0) is 97.2 Å². The monoisotopic (exact) mass is 340 g/mol. The maximum Gasteiger partial charge on any atom is 0.146 e. The summed E-state index contributed by atoms with van der Waals surface area (Å²) in [5.74, 6) is 4.85. The number of hydrogen-bond acceptors (Lipinski definition) is 2. The van der Waals surface area contributed by atoms with Crippen molar-refractivity contribution in [3.8, 4) is 0 Å². The van der Waals surface area contributed by atoms with Gasteiger partial charge < -0.3 is 4.74 Å². The van der Waals surface area contributed by atoms with Crippen molar-refractivity contribution in [2.75, 3.05) is 6.61 Å². The smallest absolute Gasteiger partial charge is 0.146 e. The van der Waals surface area contributed by atoms with E-state index in [-0.39, 0.29) is 5.41 Å². The van der Waals surface area contributed by atoms with E-state index in [1.807, 2.05) is 0 Å². The first-order valence-corrected chi connectivity index (χ1v) is 10.6. The zero-order chi connectivity index (χ0) is 17.4. The van der Waals surface area contributed by atoms with Crippen LogP contribution >= 0.6 is 0 Å². The summed E-state index contributed by atoms with van der Waals surface area (Å²) >= 11 is 0. The van der Waals surface area contributed by atoms with Crippen LogP contribution in [0.5, 0.6) is 0 Å². The van der Waals surface area contributed by atoms with Crippen LogP contribution in [0.4, 0.5) is 0 Å². The fraction of sp³-hybridized carbons (Fsp3) is 0.783. The van der Waals surface area contributed by atoms with Crippen LogP contribution in [0.25, 0.3) is 0 Å². The van der Waals surface area contributed by atoms with Crippen molar-refractivity contribution in [1.29, 1.82) is 0 Å². The Morgan fingerprint density at radius 3 is 2.80 bits per heavy atom. The van der Waals surface area contributed by atoms with Gasteiger partial charge in [0.2, 0.25) is 0 Å². The molecule has 0 aromatic heterocycles. The van der Waals surface area contributed by atoms with E-state index in [9.17, 15) is 4.79 Å². The predicted molar refractivity (Wildman–Crippen MR) is 98.8 cm³/mol. The fourth-order valence-corrected chi connectivity index (χ4v) is 7.79. The Morgan fingerprint density at radius 2 is 2.04 bits per heavy atom. The topological polar surface area (TPSA) is 26.3 Å².